The van der Waals surface area contributed by atoms with Gasteiger partial charge in [0.15, 0.2) is 0 Å². The van der Waals surface area contributed by atoms with Gasteiger partial charge in [-0.1, -0.05) is 0 Å². The number of nitrogens with one attached hydrogen (secondary N) is 2. The maximum Gasteiger partial charge on any atom is 0.315 e. The van der Waals surface area contributed by atoms with Gasteiger partial charge in [0.2, 0.25) is 5.91 Å². The van der Waals surface area contributed by atoms with E-state index in [0.29, 0.717) is 19.5 Å². The number of carbonyl (C=O) groups is 2. The van der Waals surface area contributed by atoms with Gasteiger partial charge in [-0.2, -0.15) is 0 Å². The molecule has 1 saturated heterocycles. The van der Waals surface area contributed by atoms with E-state index >= 15 is 0 Å². The number of furan rings is 1. The van der Waals surface area contributed by atoms with E-state index in [9.17, 15) is 9.59 Å². The molecule has 0 bridgehead atoms. The molecule has 2 rings (SSSR count). The Balaban J connectivity index is 1.82. The molecule has 0 unspecified atom stereocenters. The Bertz CT molecular complexity index is 527. The van der Waals surface area contributed by atoms with Crippen LogP contribution in [0.1, 0.15) is 32.1 Å². The lowest BCUT2D eigenvalue weighted by Crippen LogP contribution is -2.46. The van der Waals surface area contributed by atoms with Crippen LogP contribution in [-0.2, 0) is 4.79 Å². The maximum atomic E-state index is 12.1. The highest BCUT2D eigenvalue weighted by molar-refractivity contribution is 5.81. The Morgan fingerprint density at radius 3 is 2.74 bits per heavy atom. The van der Waals surface area contributed by atoms with Crippen LogP contribution in [0.15, 0.2) is 22.8 Å². The van der Waals surface area contributed by atoms with Crippen LogP contribution < -0.4 is 10.6 Å². The smallest absolute Gasteiger partial charge is 0.315 e. The molecule has 1 aliphatic heterocycles. The van der Waals surface area contributed by atoms with Crippen molar-refractivity contribution in [2.45, 2.75) is 38.4 Å². The lowest BCUT2D eigenvalue weighted by molar-refractivity contribution is -0.129. The molecule has 2 atom stereocenters. The Kier molecular flexibility index (Phi) is 5.65. The molecule has 1 aromatic heterocycles. The van der Waals surface area contributed by atoms with E-state index in [1.807, 2.05) is 45.0 Å². The van der Waals surface area contributed by atoms with Gasteiger partial charge < -0.3 is 20.0 Å². The first-order chi connectivity index (χ1) is 10.9. The van der Waals surface area contributed by atoms with E-state index in [1.165, 1.54) is 0 Å². The number of likely N-dealkylation sites (tertiary alicyclic amines) is 1. The SMILES string of the molecule is CC(C)N1C[C@@H](NC(=O)NC[C@@H](c2ccco2)N(C)C)CC1=O. The predicted molar refractivity (Wildman–Crippen MR) is 86.9 cm³/mol. The standard InChI is InChI=1S/C16H26N4O3/c1-11(2)20-10-12(8-15(20)21)18-16(22)17-9-13(19(3)4)14-6-5-7-23-14/h5-7,11-13H,8-10H2,1-4H3,(H2,17,18,22)/t12-,13-/m0/s1. The first-order valence-corrected chi connectivity index (χ1v) is 7.92. The second-order valence-corrected chi connectivity index (χ2v) is 6.39. The summed E-state index contributed by atoms with van der Waals surface area (Å²) in [6.45, 7) is 4.96. The summed E-state index contributed by atoms with van der Waals surface area (Å²) in [4.78, 5) is 27.7. The van der Waals surface area contributed by atoms with E-state index < -0.39 is 0 Å². The Labute approximate surface area is 137 Å². The molecule has 0 aliphatic carbocycles. The lowest BCUT2D eigenvalue weighted by Gasteiger charge is -2.23. The van der Waals surface area contributed by atoms with Crippen molar-refractivity contribution in [3.8, 4) is 0 Å². The highest BCUT2D eigenvalue weighted by Gasteiger charge is 2.32. The molecule has 7 heteroatoms. The van der Waals surface area contributed by atoms with Gasteiger partial charge in [-0.05, 0) is 40.1 Å². The van der Waals surface area contributed by atoms with E-state index in [2.05, 4.69) is 10.6 Å². The highest BCUT2D eigenvalue weighted by Crippen LogP contribution is 2.17. The van der Waals surface area contributed by atoms with E-state index in [1.54, 1.807) is 11.2 Å². The zero-order valence-electron chi connectivity index (χ0n) is 14.2. The number of hydrogen-bond donors (Lipinski definition) is 2. The predicted octanol–water partition coefficient (Wildman–Crippen LogP) is 1.19. The van der Waals surface area contributed by atoms with E-state index in [4.69, 9.17) is 4.42 Å². The summed E-state index contributed by atoms with van der Waals surface area (Å²) in [6, 6.07) is 3.46. The van der Waals surface area contributed by atoms with Gasteiger partial charge in [0.05, 0.1) is 18.3 Å². The molecule has 3 amide bonds. The molecule has 2 heterocycles. The number of hydrogen-bond acceptors (Lipinski definition) is 4. The highest BCUT2D eigenvalue weighted by atomic mass is 16.3. The van der Waals surface area contributed by atoms with Gasteiger partial charge in [0.25, 0.3) is 0 Å². The minimum absolute atomic E-state index is 0.0341. The molecule has 128 valence electrons. The van der Waals surface area contributed by atoms with Gasteiger partial charge >= 0.3 is 6.03 Å². The molecule has 2 N–H and O–H groups in total. The number of urea groups is 1. The van der Waals surface area contributed by atoms with Gasteiger partial charge in [0.1, 0.15) is 5.76 Å². The van der Waals surface area contributed by atoms with Gasteiger partial charge in [-0.15, -0.1) is 0 Å². The second-order valence-electron chi connectivity index (χ2n) is 6.39. The third-order valence-electron chi connectivity index (χ3n) is 4.07. The Morgan fingerprint density at radius 2 is 2.22 bits per heavy atom. The van der Waals surface area contributed by atoms with Crippen molar-refractivity contribution in [1.29, 1.82) is 0 Å². The first kappa shape index (κ1) is 17.3. The topological polar surface area (TPSA) is 77.8 Å². The molecule has 0 radical (unpaired) electrons. The van der Waals surface area contributed by atoms with Crippen molar-refractivity contribution in [3.63, 3.8) is 0 Å². The van der Waals surface area contributed by atoms with Crippen molar-refractivity contribution in [3.05, 3.63) is 24.2 Å². The molecule has 1 aliphatic rings. The van der Waals surface area contributed by atoms with Gasteiger partial charge in [-0.3, -0.25) is 9.69 Å². The summed E-state index contributed by atoms with van der Waals surface area (Å²) in [6.07, 6.45) is 1.98. The normalized spacial score (nSPS) is 19.5. The largest absolute Gasteiger partial charge is 0.468 e. The average Bonchev–Trinajstić information content (AvgIpc) is 3.08. The number of amides is 3. The molecular formula is C16H26N4O3. The van der Waals surface area contributed by atoms with Gasteiger partial charge in [-0.25, -0.2) is 4.79 Å². The average molecular weight is 322 g/mol. The van der Waals surface area contributed by atoms with Gasteiger partial charge in [0, 0.05) is 25.6 Å². The van der Waals surface area contributed by atoms with Crippen molar-refractivity contribution < 1.29 is 14.0 Å². The van der Waals surface area contributed by atoms with Crippen LogP contribution in [0.4, 0.5) is 4.79 Å². The summed E-state index contributed by atoms with van der Waals surface area (Å²) >= 11 is 0. The van der Waals surface area contributed by atoms with E-state index in [0.717, 1.165) is 5.76 Å². The van der Waals surface area contributed by atoms with Crippen LogP contribution in [0, 0.1) is 0 Å². The number of rotatable bonds is 6. The fourth-order valence-corrected chi connectivity index (χ4v) is 2.77. The molecule has 0 spiro atoms. The molecule has 23 heavy (non-hydrogen) atoms. The third-order valence-corrected chi connectivity index (χ3v) is 4.07. The second kappa shape index (κ2) is 7.50. The summed E-state index contributed by atoms with van der Waals surface area (Å²) in [5.41, 5.74) is 0. The molecule has 0 saturated carbocycles. The monoisotopic (exact) mass is 322 g/mol. The first-order valence-electron chi connectivity index (χ1n) is 7.92. The summed E-state index contributed by atoms with van der Waals surface area (Å²) < 4.78 is 5.41. The van der Waals surface area contributed by atoms with Crippen LogP contribution in [0.3, 0.4) is 0 Å². The molecule has 7 nitrogen and oxygen atoms in total. The molecule has 1 aromatic rings. The number of likely N-dealkylation sites (N-methyl/N-ethyl adjacent to an activating group) is 1. The van der Waals surface area contributed by atoms with Crippen molar-refractivity contribution >= 4 is 11.9 Å². The van der Waals surface area contributed by atoms with Crippen LogP contribution in [0.5, 0.6) is 0 Å². The fraction of sp³-hybridized carbons (Fsp3) is 0.625. The Morgan fingerprint density at radius 1 is 1.48 bits per heavy atom. The maximum absolute atomic E-state index is 12.1. The van der Waals surface area contributed by atoms with Crippen molar-refractivity contribution in [1.82, 2.24) is 20.4 Å². The van der Waals surface area contributed by atoms with Crippen LogP contribution >= 0.6 is 0 Å². The quantitative estimate of drug-likeness (QED) is 0.825. The van der Waals surface area contributed by atoms with E-state index in [-0.39, 0.29) is 30.1 Å². The summed E-state index contributed by atoms with van der Waals surface area (Å²) in [5, 5.41) is 5.73. The summed E-state index contributed by atoms with van der Waals surface area (Å²) in [5.74, 6) is 0.893. The summed E-state index contributed by atoms with van der Waals surface area (Å²) in [7, 11) is 3.87. The van der Waals surface area contributed by atoms with Crippen LogP contribution in [-0.4, -0.2) is 61.0 Å². The van der Waals surface area contributed by atoms with Crippen molar-refractivity contribution in [2.24, 2.45) is 0 Å². The molecule has 0 aromatic carbocycles. The lowest BCUT2D eigenvalue weighted by atomic mass is 10.2. The number of carbonyl (C=O) groups excluding carboxylic acids is 2. The van der Waals surface area contributed by atoms with Crippen LogP contribution in [0.2, 0.25) is 0 Å². The number of nitrogens with zero attached hydrogens (tertiary/aromatic N) is 2. The van der Waals surface area contributed by atoms with Crippen LogP contribution in [0.25, 0.3) is 0 Å². The fourth-order valence-electron chi connectivity index (χ4n) is 2.77. The minimum Gasteiger partial charge on any atom is -0.468 e. The molecular weight excluding hydrogens is 296 g/mol. The zero-order chi connectivity index (χ0) is 17.0. The minimum atomic E-state index is -0.258. The third kappa shape index (κ3) is 4.48. The molecule has 1 fully saturated rings. The van der Waals surface area contributed by atoms with Crippen molar-refractivity contribution in [2.75, 3.05) is 27.2 Å². The Hall–Kier alpha value is -2.02. The zero-order valence-corrected chi connectivity index (χ0v) is 14.2.